The van der Waals surface area contributed by atoms with Crippen molar-refractivity contribution in [2.45, 2.75) is 6.54 Å². The van der Waals surface area contributed by atoms with Gasteiger partial charge in [-0.2, -0.15) is 5.26 Å². The molecule has 0 bridgehead atoms. The van der Waals surface area contributed by atoms with Crippen molar-refractivity contribution in [3.63, 3.8) is 0 Å². The number of fused-ring (bicyclic) bond motifs is 1. The van der Waals surface area contributed by atoms with Gasteiger partial charge in [-0.15, -0.1) is 0 Å². The highest BCUT2D eigenvalue weighted by molar-refractivity contribution is 6.30. The lowest BCUT2D eigenvalue weighted by Crippen LogP contribution is -2.03. The summed E-state index contributed by atoms with van der Waals surface area (Å²) in [6, 6.07) is 19.4. The van der Waals surface area contributed by atoms with Crippen LogP contribution in [0.2, 0.25) is 5.02 Å². The van der Waals surface area contributed by atoms with Crippen LogP contribution in [0.5, 0.6) is 0 Å². The third-order valence-corrected chi connectivity index (χ3v) is 3.43. The van der Waals surface area contributed by atoms with Gasteiger partial charge in [-0.1, -0.05) is 41.9 Å². The van der Waals surface area contributed by atoms with E-state index in [9.17, 15) is 5.26 Å². The SMILES string of the molecule is N#Cc1cc2ccccc2nc1NCc1cccc(Cl)c1. The summed E-state index contributed by atoms with van der Waals surface area (Å²) >= 11 is 5.97. The minimum Gasteiger partial charge on any atom is -0.365 e. The molecule has 3 nitrogen and oxygen atoms in total. The highest BCUT2D eigenvalue weighted by Gasteiger charge is 2.06. The lowest BCUT2D eigenvalue weighted by atomic mass is 10.1. The molecule has 3 rings (SSSR count). The lowest BCUT2D eigenvalue weighted by Gasteiger charge is -2.09. The van der Waals surface area contributed by atoms with Gasteiger partial charge in [0.1, 0.15) is 11.9 Å². The zero-order valence-corrected chi connectivity index (χ0v) is 11.9. The Bertz CT molecular complexity index is 837. The number of halogens is 1. The molecule has 0 spiro atoms. The van der Waals surface area contributed by atoms with E-state index in [0.717, 1.165) is 16.5 Å². The molecule has 0 aliphatic heterocycles. The average molecular weight is 294 g/mol. The summed E-state index contributed by atoms with van der Waals surface area (Å²) in [6.45, 7) is 0.570. The third kappa shape index (κ3) is 2.96. The van der Waals surface area contributed by atoms with E-state index in [4.69, 9.17) is 11.6 Å². The highest BCUT2D eigenvalue weighted by Crippen LogP contribution is 2.20. The van der Waals surface area contributed by atoms with Crippen LogP contribution in [-0.4, -0.2) is 4.98 Å². The van der Waals surface area contributed by atoms with E-state index < -0.39 is 0 Å². The Morgan fingerprint density at radius 1 is 1.10 bits per heavy atom. The van der Waals surface area contributed by atoms with Crippen molar-refractivity contribution in [3.05, 3.63) is 70.7 Å². The molecule has 3 aromatic rings. The second kappa shape index (κ2) is 5.82. The number of hydrogen-bond donors (Lipinski definition) is 1. The number of nitriles is 1. The summed E-state index contributed by atoms with van der Waals surface area (Å²) in [5.41, 5.74) is 2.45. The number of anilines is 1. The van der Waals surface area contributed by atoms with Crippen LogP contribution in [0.1, 0.15) is 11.1 Å². The number of nitrogens with one attached hydrogen (secondary N) is 1. The minimum atomic E-state index is 0.538. The molecule has 1 N–H and O–H groups in total. The predicted octanol–water partition coefficient (Wildman–Crippen LogP) is 4.37. The molecule has 2 aromatic carbocycles. The zero-order valence-electron chi connectivity index (χ0n) is 11.2. The lowest BCUT2D eigenvalue weighted by molar-refractivity contribution is 1.12. The largest absolute Gasteiger partial charge is 0.365 e. The van der Waals surface area contributed by atoms with Gasteiger partial charge in [-0.3, -0.25) is 0 Å². The molecule has 0 atom stereocenters. The van der Waals surface area contributed by atoms with Crippen molar-refractivity contribution in [2.75, 3.05) is 5.32 Å². The number of benzene rings is 2. The first kappa shape index (κ1) is 13.4. The Balaban J connectivity index is 1.91. The number of nitrogens with zero attached hydrogens (tertiary/aromatic N) is 2. The molecule has 0 radical (unpaired) electrons. The van der Waals surface area contributed by atoms with E-state index in [1.807, 2.05) is 54.6 Å². The molecule has 0 saturated heterocycles. The molecule has 102 valence electrons. The van der Waals surface area contributed by atoms with Gasteiger partial charge in [0.15, 0.2) is 0 Å². The number of pyridine rings is 1. The maximum atomic E-state index is 9.27. The molecule has 1 heterocycles. The molecule has 0 aliphatic rings. The van der Waals surface area contributed by atoms with E-state index in [-0.39, 0.29) is 0 Å². The van der Waals surface area contributed by atoms with Crippen molar-refractivity contribution in [3.8, 4) is 6.07 Å². The van der Waals surface area contributed by atoms with Gasteiger partial charge in [0.25, 0.3) is 0 Å². The fourth-order valence-electron chi connectivity index (χ4n) is 2.17. The van der Waals surface area contributed by atoms with Gasteiger partial charge in [0, 0.05) is 17.0 Å². The average Bonchev–Trinajstić information content (AvgIpc) is 2.52. The number of rotatable bonds is 3. The van der Waals surface area contributed by atoms with E-state index in [1.165, 1.54) is 0 Å². The van der Waals surface area contributed by atoms with Crippen LogP contribution < -0.4 is 5.32 Å². The molecule has 0 fully saturated rings. The third-order valence-electron chi connectivity index (χ3n) is 3.19. The number of aromatic nitrogens is 1. The summed E-state index contributed by atoms with van der Waals surface area (Å²) in [5, 5.41) is 14.1. The topological polar surface area (TPSA) is 48.7 Å². The Labute approximate surface area is 127 Å². The maximum Gasteiger partial charge on any atom is 0.144 e. The molecule has 0 unspecified atom stereocenters. The quantitative estimate of drug-likeness (QED) is 0.780. The Kier molecular flexibility index (Phi) is 3.72. The van der Waals surface area contributed by atoms with E-state index in [2.05, 4.69) is 16.4 Å². The van der Waals surface area contributed by atoms with Gasteiger partial charge in [0.2, 0.25) is 0 Å². The van der Waals surface area contributed by atoms with Crippen LogP contribution >= 0.6 is 11.6 Å². The van der Waals surface area contributed by atoms with Crippen molar-refractivity contribution >= 4 is 28.3 Å². The van der Waals surface area contributed by atoms with Gasteiger partial charge in [-0.25, -0.2) is 4.98 Å². The second-order valence-corrected chi connectivity index (χ2v) is 5.11. The maximum absolute atomic E-state index is 9.27. The van der Waals surface area contributed by atoms with Gasteiger partial charge in [-0.05, 0) is 29.8 Å². The fraction of sp³-hybridized carbons (Fsp3) is 0.0588. The fourth-order valence-corrected chi connectivity index (χ4v) is 2.38. The molecule has 1 aromatic heterocycles. The molecular formula is C17H12ClN3. The van der Waals surface area contributed by atoms with Crippen LogP contribution in [0.15, 0.2) is 54.6 Å². The van der Waals surface area contributed by atoms with Crippen LogP contribution in [0.4, 0.5) is 5.82 Å². The molecule has 4 heteroatoms. The van der Waals surface area contributed by atoms with Crippen LogP contribution in [-0.2, 0) is 6.54 Å². The normalized spacial score (nSPS) is 10.3. The minimum absolute atomic E-state index is 0.538. The van der Waals surface area contributed by atoms with Gasteiger partial charge >= 0.3 is 0 Å². The summed E-state index contributed by atoms with van der Waals surface area (Å²) < 4.78 is 0. The Morgan fingerprint density at radius 2 is 1.95 bits per heavy atom. The predicted molar refractivity (Wildman–Crippen MR) is 85.2 cm³/mol. The van der Waals surface area contributed by atoms with Crippen LogP contribution in [0.3, 0.4) is 0 Å². The first-order valence-corrected chi connectivity index (χ1v) is 6.92. The molecule has 0 amide bonds. The highest BCUT2D eigenvalue weighted by atomic mass is 35.5. The zero-order chi connectivity index (χ0) is 14.7. The van der Waals surface area contributed by atoms with E-state index >= 15 is 0 Å². The molecular weight excluding hydrogens is 282 g/mol. The van der Waals surface area contributed by atoms with Crippen molar-refractivity contribution in [2.24, 2.45) is 0 Å². The summed E-state index contributed by atoms with van der Waals surface area (Å²) in [4.78, 5) is 4.52. The first-order valence-electron chi connectivity index (χ1n) is 6.54. The summed E-state index contributed by atoms with van der Waals surface area (Å²) in [7, 11) is 0. The van der Waals surface area contributed by atoms with Crippen molar-refractivity contribution in [1.82, 2.24) is 4.98 Å². The Hall–Kier alpha value is -2.57. The Morgan fingerprint density at radius 3 is 2.76 bits per heavy atom. The van der Waals surface area contributed by atoms with Gasteiger partial charge < -0.3 is 5.32 Å². The summed E-state index contributed by atoms with van der Waals surface area (Å²) in [5.74, 6) is 0.594. The smallest absolute Gasteiger partial charge is 0.144 e. The van der Waals surface area contributed by atoms with Gasteiger partial charge in [0.05, 0.1) is 11.1 Å². The van der Waals surface area contributed by atoms with E-state index in [0.29, 0.717) is 22.9 Å². The van der Waals surface area contributed by atoms with Crippen molar-refractivity contribution < 1.29 is 0 Å². The first-order chi connectivity index (χ1) is 10.3. The van der Waals surface area contributed by atoms with Crippen LogP contribution in [0.25, 0.3) is 10.9 Å². The molecule has 21 heavy (non-hydrogen) atoms. The molecule has 0 saturated carbocycles. The van der Waals surface area contributed by atoms with Crippen LogP contribution in [0, 0.1) is 11.3 Å². The molecule has 0 aliphatic carbocycles. The second-order valence-electron chi connectivity index (χ2n) is 4.67. The number of para-hydroxylation sites is 1. The number of hydrogen-bond acceptors (Lipinski definition) is 3. The summed E-state index contributed by atoms with van der Waals surface area (Å²) in [6.07, 6.45) is 0. The standard InChI is InChI=1S/C17H12ClN3/c18-15-6-3-4-12(8-15)11-20-17-14(10-19)9-13-5-1-2-7-16(13)21-17/h1-9H,11H2,(H,20,21). The van der Waals surface area contributed by atoms with E-state index in [1.54, 1.807) is 0 Å². The van der Waals surface area contributed by atoms with Crippen molar-refractivity contribution in [1.29, 1.82) is 5.26 Å². The monoisotopic (exact) mass is 293 g/mol.